The quantitative estimate of drug-likeness (QED) is 0.722. The number of aromatic carboxylic acids is 1. The molecule has 0 aliphatic rings. The van der Waals surface area contributed by atoms with E-state index >= 15 is 0 Å². The first-order valence-corrected chi connectivity index (χ1v) is 7.24. The molecule has 3 aromatic rings. The van der Waals surface area contributed by atoms with Gasteiger partial charge in [-0.05, 0) is 30.7 Å². The molecule has 0 amide bonds. The van der Waals surface area contributed by atoms with E-state index in [1.165, 1.54) is 24.3 Å². The molecular formula is C18H12F3NO3. The topological polar surface area (TPSA) is 63.3 Å². The van der Waals surface area contributed by atoms with Crippen LogP contribution < -0.4 is 0 Å². The summed E-state index contributed by atoms with van der Waals surface area (Å²) in [7, 11) is 0. The van der Waals surface area contributed by atoms with Gasteiger partial charge in [0.15, 0.2) is 5.69 Å². The first kappa shape index (κ1) is 16.8. The van der Waals surface area contributed by atoms with Crippen molar-refractivity contribution in [1.29, 1.82) is 0 Å². The van der Waals surface area contributed by atoms with Crippen LogP contribution >= 0.6 is 0 Å². The van der Waals surface area contributed by atoms with Gasteiger partial charge in [-0.1, -0.05) is 24.3 Å². The number of carboxylic acid groups (broad SMARTS) is 1. The maximum atomic E-state index is 13.0. The normalized spacial score (nSPS) is 12.2. The number of furan rings is 1. The molecule has 1 aromatic carbocycles. The van der Waals surface area contributed by atoms with E-state index in [1.807, 2.05) is 0 Å². The number of aromatic nitrogens is 1. The molecule has 4 nitrogen and oxygen atoms in total. The predicted octanol–water partition coefficient (Wildman–Crippen LogP) is 5.02. The number of carboxylic acids is 1. The monoisotopic (exact) mass is 347 g/mol. The van der Waals surface area contributed by atoms with Gasteiger partial charge in [-0.3, -0.25) is 4.98 Å². The molecular weight excluding hydrogens is 335 g/mol. The first-order valence-electron chi connectivity index (χ1n) is 7.24. The average Bonchev–Trinajstić information content (AvgIpc) is 2.87. The van der Waals surface area contributed by atoms with Gasteiger partial charge in [-0.15, -0.1) is 0 Å². The highest BCUT2D eigenvalue weighted by Gasteiger charge is 2.34. The summed E-state index contributed by atoms with van der Waals surface area (Å²) < 4.78 is 44.2. The predicted molar refractivity (Wildman–Crippen MR) is 86.1 cm³/mol. The Morgan fingerprint density at radius 3 is 2.68 bits per heavy atom. The molecule has 25 heavy (non-hydrogen) atoms. The Morgan fingerprint density at radius 2 is 2.00 bits per heavy atom. The Balaban J connectivity index is 2.03. The summed E-state index contributed by atoms with van der Waals surface area (Å²) in [6.07, 6.45) is -0.702. The number of nitrogens with zero attached hydrogens (tertiary/aromatic N) is 1. The summed E-state index contributed by atoms with van der Waals surface area (Å²) in [5.41, 5.74) is -0.0468. The molecule has 128 valence electrons. The van der Waals surface area contributed by atoms with E-state index in [0.29, 0.717) is 16.5 Å². The Kier molecular flexibility index (Phi) is 4.08. The van der Waals surface area contributed by atoms with Crippen molar-refractivity contribution in [2.24, 2.45) is 0 Å². The van der Waals surface area contributed by atoms with Crippen LogP contribution in [0.15, 0.2) is 40.9 Å². The van der Waals surface area contributed by atoms with Crippen LogP contribution in [0.1, 0.15) is 32.9 Å². The number of halogens is 3. The fourth-order valence-corrected chi connectivity index (χ4v) is 2.58. The molecule has 0 bridgehead atoms. The molecule has 7 heteroatoms. The largest absolute Gasteiger partial charge is 0.478 e. The molecule has 2 aromatic heterocycles. The number of fused-ring (bicyclic) bond motifs is 1. The summed E-state index contributed by atoms with van der Waals surface area (Å²) in [5, 5.41) is 9.66. The van der Waals surface area contributed by atoms with Crippen molar-refractivity contribution in [3.63, 3.8) is 0 Å². The summed E-state index contributed by atoms with van der Waals surface area (Å²) in [6, 6.07) is 7.52. The van der Waals surface area contributed by atoms with E-state index in [-0.39, 0.29) is 16.9 Å². The number of rotatable bonds is 3. The number of hydrogen-bond donors (Lipinski definition) is 1. The second-order valence-electron chi connectivity index (χ2n) is 5.37. The Hall–Kier alpha value is -3.09. The number of aryl methyl sites for hydroxylation is 1. The number of alkyl halides is 3. The fourth-order valence-electron chi connectivity index (χ4n) is 2.58. The van der Waals surface area contributed by atoms with Crippen molar-refractivity contribution in [3.8, 4) is 0 Å². The molecule has 0 atom stereocenters. The number of benzene rings is 1. The van der Waals surface area contributed by atoms with Crippen LogP contribution in [-0.4, -0.2) is 16.1 Å². The van der Waals surface area contributed by atoms with Crippen LogP contribution in [0.5, 0.6) is 0 Å². The zero-order chi connectivity index (χ0) is 18.2. The van der Waals surface area contributed by atoms with Crippen molar-refractivity contribution in [2.45, 2.75) is 13.1 Å². The van der Waals surface area contributed by atoms with E-state index in [0.717, 1.165) is 6.20 Å². The molecule has 2 heterocycles. The second kappa shape index (κ2) is 6.08. The van der Waals surface area contributed by atoms with Crippen molar-refractivity contribution < 1.29 is 27.5 Å². The summed E-state index contributed by atoms with van der Waals surface area (Å²) in [6.45, 7) is 1.55. The molecule has 0 spiro atoms. The highest BCUT2D eigenvalue weighted by Crippen LogP contribution is 2.31. The Bertz CT molecular complexity index is 987. The van der Waals surface area contributed by atoms with E-state index in [2.05, 4.69) is 4.98 Å². The van der Waals surface area contributed by atoms with Crippen LogP contribution in [-0.2, 0) is 6.18 Å². The maximum Gasteiger partial charge on any atom is 0.433 e. The standard InChI is InChI=1S/C18H12F3NO3/c1-10-15(17(23)24)13-9-11(5-7-14(13)25-10)4-6-12-3-2-8-22-16(12)18(19,20)21/h2-9H,1H3,(H,23,24)/b6-4+. The number of carbonyl (C=O) groups is 1. The third-order valence-electron chi connectivity index (χ3n) is 3.66. The lowest BCUT2D eigenvalue weighted by molar-refractivity contribution is -0.141. The van der Waals surface area contributed by atoms with Crippen LogP contribution in [0.25, 0.3) is 23.1 Å². The third-order valence-corrected chi connectivity index (χ3v) is 3.66. The van der Waals surface area contributed by atoms with E-state index in [4.69, 9.17) is 4.42 Å². The minimum atomic E-state index is -4.55. The summed E-state index contributed by atoms with van der Waals surface area (Å²) in [4.78, 5) is 14.7. The van der Waals surface area contributed by atoms with Gasteiger partial charge >= 0.3 is 12.1 Å². The average molecular weight is 347 g/mol. The molecule has 1 N–H and O–H groups in total. The van der Waals surface area contributed by atoms with Crippen molar-refractivity contribution in [2.75, 3.05) is 0 Å². The molecule has 0 saturated carbocycles. The molecule has 3 rings (SSSR count). The molecule has 0 unspecified atom stereocenters. The third kappa shape index (κ3) is 3.26. The van der Waals surface area contributed by atoms with Gasteiger partial charge in [0, 0.05) is 17.1 Å². The van der Waals surface area contributed by atoms with Crippen LogP contribution in [0.4, 0.5) is 13.2 Å². The highest BCUT2D eigenvalue weighted by molar-refractivity contribution is 6.04. The van der Waals surface area contributed by atoms with Gasteiger partial charge < -0.3 is 9.52 Å². The van der Waals surface area contributed by atoms with Crippen LogP contribution in [0.3, 0.4) is 0 Å². The SMILES string of the molecule is Cc1oc2ccc(/C=C/c3cccnc3C(F)(F)F)cc2c1C(=O)O. The summed E-state index contributed by atoms with van der Waals surface area (Å²) in [5.74, 6) is -0.848. The zero-order valence-corrected chi connectivity index (χ0v) is 13.0. The smallest absolute Gasteiger partial charge is 0.433 e. The van der Waals surface area contributed by atoms with Crippen molar-refractivity contribution in [3.05, 3.63) is 64.7 Å². The van der Waals surface area contributed by atoms with Gasteiger partial charge in [0.05, 0.1) is 0 Å². The lowest BCUT2D eigenvalue weighted by Crippen LogP contribution is -2.09. The van der Waals surface area contributed by atoms with E-state index < -0.39 is 17.8 Å². The van der Waals surface area contributed by atoms with Crippen LogP contribution in [0.2, 0.25) is 0 Å². The Labute approximate surface area is 140 Å². The van der Waals surface area contributed by atoms with Gasteiger partial charge in [-0.25, -0.2) is 4.79 Å². The summed E-state index contributed by atoms with van der Waals surface area (Å²) >= 11 is 0. The van der Waals surface area contributed by atoms with Crippen LogP contribution in [0, 0.1) is 6.92 Å². The van der Waals surface area contributed by atoms with E-state index in [9.17, 15) is 23.1 Å². The lowest BCUT2D eigenvalue weighted by Gasteiger charge is -2.08. The molecule has 0 radical (unpaired) electrons. The number of pyridine rings is 1. The van der Waals surface area contributed by atoms with E-state index in [1.54, 1.807) is 25.1 Å². The molecule has 0 saturated heterocycles. The minimum absolute atomic E-state index is 0.0441. The van der Waals surface area contributed by atoms with Crippen molar-refractivity contribution >= 4 is 29.1 Å². The van der Waals surface area contributed by atoms with Gasteiger partial charge in [0.25, 0.3) is 0 Å². The fraction of sp³-hybridized carbons (Fsp3) is 0.111. The molecule has 0 aliphatic heterocycles. The minimum Gasteiger partial charge on any atom is -0.478 e. The first-order chi connectivity index (χ1) is 11.8. The van der Waals surface area contributed by atoms with Gasteiger partial charge in [-0.2, -0.15) is 13.2 Å². The van der Waals surface area contributed by atoms with Gasteiger partial charge in [0.2, 0.25) is 0 Å². The molecule has 0 aliphatic carbocycles. The highest BCUT2D eigenvalue weighted by atomic mass is 19.4. The van der Waals surface area contributed by atoms with Crippen molar-refractivity contribution in [1.82, 2.24) is 4.98 Å². The lowest BCUT2D eigenvalue weighted by atomic mass is 10.1. The Morgan fingerprint density at radius 1 is 1.24 bits per heavy atom. The number of hydrogen-bond acceptors (Lipinski definition) is 3. The second-order valence-corrected chi connectivity index (χ2v) is 5.37. The maximum absolute atomic E-state index is 13.0. The van der Waals surface area contributed by atoms with Gasteiger partial charge in [0.1, 0.15) is 16.9 Å². The molecule has 0 fully saturated rings. The zero-order valence-electron chi connectivity index (χ0n) is 13.0.